The molecular weight excluding hydrogens is 418 g/mol. The number of anilines is 1. The first kappa shape index (κ1) is 22.4. The summed E-state index contributed by atoms with van der Waals surface area (Å²) in [6.45, 7) is -0.321. The number of ether oxygens (including phenoxy) is 4. The number of amides is 1. The zero-order valence-corrected chi connectivity index (χ0v) is 17.5. The second-order valence-electron chi connectivity index (χ2n) is 6.32. The summed E-state index contributed by atoms with van der Waals surface area (Å²) in [5.41, 5.74) is 0.550. The van der Waals surface area contributed by atoms with Crippen molar-refractivity contribution in [2.75, 3.05) is 32.8 Å². The Kier molecular flexibility index (Phi) is 7.47. The Hall–Kier alpha value is -4.27. The number of carbonyl (C=O) groups excluding carboxylic acids is 3. The second kappa shape index (κ2) is 10.7. The van der Waals surface area contributed by atoms with Gasteiger partial charge in [-0.25, -0.2) is 9.59 Å². The molecule has 0 atom stereocenters. The molecule has 1 heterocycles. The minimum absolute atomic E-state index is 0.0249. The highest BCUT2D eigenvalue weighted by Gasteiger charge is 2.21. The van der Waals surface area contributed by atoms with Gasteiger partial charge in [0.1, 0.15) is 13.2 Å². The van der Waals surface area contributed by atoms with Gasteiger partial charge in [0.2, 0.25) is 0 Å². The zero-order chi connectivity index (χ0) is 22.9. The van der Waals surface area contributed by atoms with E-state index < -0.39 is 17.8 Å². The van der Waals surface area contributed by atoms with Crippen LogP contribution in [-0.4, -0.2) is 45.3 Å². The SMILES string of the molecule is COc1cc(NC(=O)c2ccco2)c(C(=O)OCCOC(=O)c2ccccc2)cc1OC. The van der Waals surface area contributed by atoms with Crippen LogP contribution in [0.1, 0.15) is 31.3 Å². The van der Waals surface area contributed by atoms with Crippen LogP contribution in [0.15, 0.2) is 65.3 Å². The normalized spacial score (nSPS) is 10.2. The first-order chi connectivity index (χ1) is 15.5. The summed E-state index contributed by atoms with van der Waals surface area (Å²) >= 11 is 0. The van der Waals surface area contributed by atoms with Gasteiger partial charge in [0, 0.05) is 12.1 Å². The fraction of sp³-hybridized carbons (Fsp3) is 0.174. The molecule has 0 spiro atoms. The van der Waals surface area contributed by atoms with Crippen molar-refractivity contribution in [1.82, 2.24) is 0 Å². The van der Waals surface area contributed by atoms with Crippen LogP contribution in [0.2, 0.25) is 0 Å². The lowest BCUT2D eigenvalue weighted by atomic mass is 10.1. The monoisotopic (exact) mass is 439 g/mol. The summed E-state index contributed by atoms with van der Waals surface area (Å²) in [6, 6.07) is 14.3. The average molecular weight is 439 g/mol. The summed E-state index contributed by atoms with van der Waals surface area (Å²) < 4.78 is 25.9. The summed E-state index contributed by atoms with van der Waals surface area (Å²) in [5, 5.41) is 2.60. The number of carbonyl (C=O) groups is 3. The highest BCUT2D eigenvalue weighted by molar-refractivity contribution is 6.07. The molecule has 0 unspecified atom stereocenters. The molecule has 1 N–H and O–H groups in total. The number of methoxy groups -OCH3 is 2. The number of furan rings is 1. The average Bonchev–Trinajstić information content (AvgIpc) is 3.37. The Morgan fingerprint density at radius 3 is 2.12 bits per heavy atom. The standard InChI is InChI=1S/C23H21NO8/c1-28-19-13-16(17(14-20(19)29-2)24-21(25)18-9-6-10-30-18)23(27)32-12-11-31-22(26)15-7-4-3-5-8-15/h3-10,13-14H,11-12H2,1-2H3,(H,24,25). The minimum atomic E-state index is -0.753. The van der Waals surface area contributed by atoms with Gasteiger partial charge < -0.3 is 28.7 Å². The number of hydrogen-bond acceptors (Lipinski definition) is 8. The minimum Gasteiger partial charge on any atom is -0.493 e. The van der Waals surface area contributed by atoms with Crippen LogP contribution >= 0.6 is 0 Å². The molecule has 0 aliphatic heterocycles. The molecule has 0 aliphatic carbocycles. The number of hydrogen-bond donors (Lipinski definition) is 1. The van der Waals surface area contributed by atoms with Crippen molar-refractivity contribution in [1.29, 1.82) is 0 Å². The van der Waals surface area contributed by atoms with E-state index in [1.165, 1.54) is 38.7 Å². The van der Waals surface area contributed by atoms with Crippen LogP contribution in [0.3, 0.4) is 0 Å². The molecule has 0 bridgehead atoms. The van der Waals surface area contributed by atoms with E-state index in [0.29, 0.717) is 11.3 Å². The third-order valence-electron chi connectivity index (χ3n) is 4.30. The molecule has 9 nitrogen and oxygen atoms in total. The van der Waals surface area contributed by atoms with Gasteiger partial charge in [0.05, 0.1) is 37.3 Å². The lowest BCUT2D eigenvalue weighted by molar-refractivity contribution is 0.0266. The number of esters is 2. The molecular formula is C23H21NO8. The summed E-state index contributed by atoms with van der Waals surface area (Å²) in [4.78, 5) is 37.0. The van der Waals surface area contributed by atoms with Crippen LogP contribution in [0.4, 0.5) is 5.69 Å². The predicted molar refractivity (Wildman–Crippen MR) is 113 cm³/mol. The fourth-order valence-electron chi connectivity index (χ4n) is 2.75. The maximum atomic E-state index is 12.7. The maximum Gasteiger partial charge on any atom is 0.340 e. The molecule has 2 aromatic carbocycles. The molecule has 1 amide bonds. The molecule has 9 heteroatoms. The zero-order valence-electron chi connectivity index (χ0n) is 17.5. The lowest BCUT2D eigenvalue weighted by Gasteiger charge is -2.15. The molecule has 1 aromatic heterocycles. The second-order valence-corrected chi connectivity index (χ2v) is 6.32. The quantitative estimate of drug-likeness (QED) is 0.398. The smallest absolute Gasteiger partial charge is 0.340 e. The van der Waals surface area contributed by atoms with E-state index in [9.17, 15) is 14.4 Å². The lowest BCUT2D eigenvalue weighted by Crippen LogP contribution is -2.18. The van der Waals surface area contributed by atoms with E-state index in [1.807, 2.05) is 0 Å². The van der Waals surface area contributed by atoms with E-state index >= 15 is 0 Å². The molecule has 166 valence electrons. The van der Waals surface area contributed by atoms with Gasteiger partial charge in [-0.3, -0.25) is 4.79 Å². The van der Waals surface area contributed by atoms with Crippen LogP contribution in [0.5, 0.6) is 11.5 Å². The summed E-state index contributed by atoms with van der Waals surface area (Å²) in [6.07, 6.45) is 1.36. The molecule has 0 aliphatic rings. The van der Waals surface area contributed by atoms with Crippen molar-refractivity contribution in [3.63, 3.8) is 0 Å². The number of nitrogens with one attached hydrogen (secondary N) is 1. The highest BCUT2D eigenvalue weighted by atomic mass is 16.6. The Balaban J connectivity index is 1.69. The number of benzene rings is 2. The van der Waals surface area contributed by atoms with Crippen LogP contribution in [0, 0.1) is 0 Å². The van der Waals surface area contributed by atoms with E-state index in [-0.39, 0.29) is 36.0 Å². The molecule has 0 fully saturated rings. The van der Waals surface area contributed by atoms with E-state index in [1.54, 1.807) is 36.4 Å². The van der Waals surface area contributed by atoms with Crippen molar-refractivity contribution in [2.45, 2.75) is 0 Å². The van der Waals surface area contributed by atoms with Crippen LogP contribution in [0.25, 0.3) is 0 Å². The van der Waals surface area contributed by atoms with Crippen molar-refractivity contribution >= 4 is 23.5 Å². The van der Waals surface area contributed by atoms with Crippen LogP contribution < -0.4 is 14.8 Å². The highest BCUT2D eigenvalue weighted by Crippen LogP contribution is 2.34. The molecule has 3 aromatic rings. The van der Waals surface area contributed by atoms with Gasteiger partial charge in [0.25, 0.3) is 5.91 Å². The van der Waals surface area contributed by atoms with Gasteiger partial charge >= 0.3 is 11.9 Å². The van der Waals surface area contributed by atoms with E-state index in [4.69, 9.17) is 23.4 Å². The van der Waals surface area contributed by atoms with E-state index in [2.05, 4.69) is 5.32 Å². The third kappa shape index (κ3) is 5.45. The summed E-state index contributed by atoms with van der Waals surface area (Å²) in [5.74, 6) is -1.21. The molecule has 3 rings (SSSR count). The predicted octanol–water partition coefficient (Wildman–Crippen LogP) is 3.56. The topological polar surface area (TPSA) is 113 Å². The van der Waals surface area contributed by atoms with Crippen molar-refractivity contribution < 1.29 is 37.7 Å². The number of rotatable bonds is 9. The van der Waals surface area contributed by atoms with Gasteiger partial charge in [-0.05, 0) is 24.3 Å². The first-order valence-electron chi connectivity index (χ1n) is 9.53. The third-order valence-corrected chi connectivity index (χ3v) is 4.30. The Labute approximate surface area is 183 Å². The van der Waals surface area contributed by atoms with Crippen molar-refractivity contribution in [3.8, 4) is 11.5 Å². The molecule has 0 saturated heterocycles. The van der Waals surface area contributed by atoms with Gasteiger partial charge in [-0.15, -0.1) is 0 Å². The van der Waals surface area contributed by atoms with Crippen LogP contribution in [-0.2, 0) is 9.47 Å². The molecule has 0 radical (unpaired) electrons. The Bertz CT molecular complexity index is 1080. The fourth-order valence-corrected chi connectivity index (χ4v) is 2.75. The van der Waals surface area contributed by atoms with Crippen molar-refractivity contribution in [3.05, 3.63) is 77.7 Å². The largest absolute Gasteiger partial charge is 0.493 e. The first-order valence-corrected chi connectivity index (χ1v) is 9.53. The summed E-state index contributed by atoms with van der Waals surface area (Å²) in [7, 11) is 2.84. The van der Waals surface area contributed by atoms with Crippen molar-refractivity contribution in [2.24, 2.45) is 0 Å². The molecule has 0 saturated carbocycles. The molecule has 32 heavy (non-hydrogen) atoms. The van der Waals surface area contributed by atoms with Gasteiger partial charge in [-0.2, -0.15) is 0 Å². The van der Waals surface area contributed by atoms with Gasteiger partial charge in [0.15, 0.2) is 17.3 Å². The van der Waals surface area contributed by atoms with Gasteiger partial charge in [-0.1, -0.05) is 18.2 Å². The Morgan fingerprint density at radius 1 is 0.844 bits per heavy atom. The maximum absolute atomic E-state index is 12.7. The Morgan fingerprint density at radius 2 is 1.50 bits per heavy atom. The van der Waals surface area contributed by atoms with E-state index in [0.717, 1.165) is 0 Å².